The van der Waals surface area contributed by atoms with E-state index in [1.807, 2.05) is 19.9 Å². The van der Waals surface area contributed by atoms with Crippen molar-refractivity contribution in [3.05, 3.63) is 12.2 Å². The number of hydrogen-bond donors (Lipinski definition) is 3. The zero-order valence-corrected chi connectivity index (χ0v) is 14.7. The zero-order valence-electron chi connectivity index (χ0n) is 14.7. The molecule has 136 valence electrons. The van der Waals surface area contributed by atoms with Crippen LogP contribution in [-0.2, 0) is 14.4 Å². The van der Waals surface area contributed by atoms with Crippen molar-refractivity contribution >= 4 is 17.7 Å². The monoisotopic (exact) mass is 339 g/mol. The molecule has 0 unspecified atom stereocenters. The van der Waals surface area contributed by atoms with E-state index in [1.165, 1.54) is 0 Å². The maximum absolute atomic E-state index is 12.2. The summed E-state index contributed by atoms with van der Waals surface area (Å²) in [6.45, 7) is 5.59. The molecule has 0 aliphatic heterocycles. The number of amides is 1. The summed E-state index contributed by atoms with van der Waals surface area (Å²) in [4.78, 5) is 35.6. The fourth-order valence-corrected chi connectivity index (χ4v) is 3.11. The zero-order chi connectivity index (χ0) is 18.3. The normalized spacial score (nSPS) is 26.5. The Bertz CT molecular complexity index is 502. The van der Waals surface area contributed by atoms with Gasteiger partial charge in [-0.05, 0) is 18.8 Å². The molecular formula is C18H29NO5. The number of nitrogens with one attached hydrogen (secondary N) is 1. The van der Waals surface area contributed by atoms with Crippen molar-refractivity contribution < 1.29 is 24.6 Å². The summed E-state index contributed by atoms with van der Waals surface area (Å²) in [5.74, 6) is -2.40. The van der Waals surface area contributed by atoms with Crippen molar-refractivity contribution in [1.82, 2.24) is 5.32 Å². The number of rotatable bonds is 9. The molecule has 1 fully saturated rings. The summed E-state index contributed by atoms with van der Waals surface area (Å²) in [5.41, 5.74) is -1.52. The summed E-state index contributed by atoms with van der Waals surface area (Å²) in [7, 11) is 0. The molecule has 0 aromatic rings. The second kappa shape index (κ2) is 8.97. The van der Waals surface area contributed by atoms with Crippen LogP contribution in [0, 0.1) is 11.8 Å². The Morgan fingerprint density at radius 3 is 2.58 bits per heavy atom. The molecule has 0 saturated heterocycles. The fourth-order valence-electron chi connectivity index (χ4n) is 3.11. The van der Waals surface area contributed by atoms with Crippen molar-refractivity contribution in [3.8, 4) is 0 Å². The highest BCUT2D eigenvalue weighted by molar-refractivity contribution is 5.91. The lowest BCUT2D eigenvalue weighted by molar-refractivity contribution is -0.144. The molecule has 1 aliphatic carbocycles. The van der Waals surface area contributed by atoms with Gasteiger partial charge >= 0.3 is 5.97 Å². The summed E-state index contributed by atoms with van der Waals surface area (Å²) in [5, 5.41) is 22.5. The van der Waals surface area contributed by atoms with Gasteiger partial charge in [-0.2, -0.15) is 0 Å². The summed E-state index contributed by atoms with van der Waals surface area (Å²) in [6, 6.07) is -0.951. The van der Waals surface area contributed by atoms with Gasteiger partial charge in [-0.15, -0.1) is 0 Å². The Morgan fingerprint density at radius 2 is 2.04 bits per heavy atom. The van der Waals surface area contributed by atoms with Gasteiger partial charge in [-0.1, -0.05) is 39.3 Å². The number of hydrogen-bond acceptors (Lipinski definition) is 4. The Labute approximate surface area is 143 Å². The predicted octanol–water partition coefficient (Wildman–Crippen LogP) is 2.06. The smallest absolute Gasteiger partial charge is 0.326 e. The summed E-state index contributed by atoms with van der Waals surface area (Å²) in [6.07, 6.45) is 5.95. The Kier molecular flexibility index (Phi) is 7.60. The van der Waals surface area contributed by atoms with E-state index in [0.717, 1.165) is 6.42 Å². The van der Waals surface area contributed by atoms with Crippen molar-refractivity contribution in [2.45, 2.75) is 70.9 Å². The highest BCUT2D eigenvalue weighted by atomic mass is 16.4. The van der Waals surface area contributed by atoms with Gasteiger partial charge in [0.25, 0.3) is 0 Å². The molecule has 0 bridgehead atoms. The third kappa shape index (κ3) is 4.90. The lowest BCUT2D eigenvalue weighted by Crippen LogP contribution is -2.47. The molecular weight excluding hydrogens is 310 g/mol. The average Bonchev–Trinajstić information content (AvgIpc) is 2.80. The van der Waals surface area contributed by atoms with Gasteiger partial charge < -0.3 is 15.5 Å². The molecule has 1 saturated carbocycles. The average molecular weight is 339 g/mol. The second-order valence-electron chi connectivity index (χ2n) is 6.64. The van der Waals surface area contributed by atoms with E-state index in [2.05, 4.69) is 5.32 Å². The highest BCUT2D eigenvalue weighted by Crippen LogP contribution is 2.38. The fraction of sp³-hybridized carbons (Fsp3) is 0.722. The molecule has 0 radical (unpaired) electrons. The lowest BCUT2D eigenvalue weighted by Gasteiger charge is -2.28. The molecule has 6 nitrogen and oxygen atoms in total. The number of allylic oxidation sites excluding steroid dienone is 1. The molecule has 4 atom stereocenters. The Morgan fingerprint density at radius 1 is 1.38 bits per heavy atom. The lowest BCUT2D eigenvalue weighted by atomic mass is 9.84. The van der Waals surface area contributed by atoms with Gasteiger partial charge in [0.15, 0.2) is 5.78 Å². The number of ketones is 1. The predicted molar refractivity (Wildman–Crippen MR) is 90.4 cm³/mol. The van der Waals surface area contributed by atoms with Crippen LogP contribution in [0.3, 0.4) is 0 Å². The molecule has 0 aromatic carbocycles. The van der Waals surface area contributed by atoms with Crippen molar-refractivity contribution in [1.29, 1.82) is 0 Å². The Balaban J connectivity index is 2.75. The van der Waals surface area contributed by atoms with E-state index in [4.69, 9.17) is 0 Å². The van der Waals surface area contributed by atoms with E-state index in [0.29, 0.717) is 12.8 Å². The number of aliphatic hydroxyl groups is 1. The van der Waals surface area contributed by atoms with Crippen LogP contribution in [0.15, 0.2) is 12.2 Å². The minimum atomic E-state index is -1.52. The SMILES string of the molecule is CC/C=C/C[C@]1(O)C(=O)CC[C@H]1CC(=O)N[C@H](C(=O)O)[C@@H](C)CC. The number of carboxylic acid groups (broad SMARTS) is 1. The summed E-state index contributed by atoms with van der Waals surface area (Å²) < 4.78 is 0. The van der Waals surface area contributed by atoms with Gasteiger partial charge in [0.2, 0.25) is 5.91 Å². The molecule has 0 heterocycles. The van der Waals surface area contributed by atoms with E-state index in [9.17, 15) is 24.6 Å². The largest absolute Gasteiger partial charge is 0.480 e. The van der Waals surface area contributed by atoms with Crippen LogP contribution in [0.25, 0.3) is 0 Å². The van der Waals surface area contributed by atoms with Crippen LogP contribution in [0.4, 0.5) is 0 Å². The van der Waals surface area contributed by atoms with Crippen LogP contribution in [0.2, 0.25) is 0 Å². The third-order valence-corrected chi connectivity index (χ3v) is 4.94. The van der Waals surface area contributed by atoms with Gasteiger partial charge in [0.1, 0.15) is 11.6 Å². The molecule has 1 amide bonds. The molecule has 6 heteroatoms. The first kappa shape index (κ1) is 20.4. The van der Waals surface area contributed by atoms with E-state index in [-0.39, 0.29) is 31.0 Å². The van der Waals surface area contributed by atoms with Crippen LogP contribution < -0.4 is 5.32 Å². The van der Waals surface area contributed by atoms with Crippen LogP contribution in [0.1, 0.15) is 59.3 Å². The van der Waals surface area contributed by atoms with Crippen LogP contribution >= 0.6 is 0 Å². The molecule has 3 N–H and O–H groups in total. The van der Waals surface area contributed by atoms with E-state index < -0.39 is 29.4 Å². The molecule has 0 spiro atoms. The minimum Gasteiger partial charge on any atom is -0.480 e. The Hall–Kier alpha value is -1.69. The first-order valence-corrected chi connectivity index (χ1v) is 8.69. The number of carbonyl (C=O) groups is 3. The molecule has 0 aromatic heterocycles. The molecule has 1 aliphatic rings. The summed E-state index contributed by atoms with van der Waals surface area (Å²) >= 11 is 0. The number of carboxylic acids is 1. The van der Waals surface area contributed by atoms with Gasteiger partial charge in [0.05, 0.1) is 0 Å². The van der Waals surface area contributed by atoms with E-state index in [1.54, 1.807) is 13.0 Å². The van der Waals surface area contributed by atoms with Gasteiger partial charge in [-0.25, -0.2) is 4.79 Å². The van der Waals surface area contributed by atoms with Crippen molar-refractivity contribution in [2.75, 3.05) is 0 Å². The minimum absolute atomic E-state index is 0.0393. The molecule has 1 rings (SSSR count). The van der Waals surface area contributed by atoms with Crippen molar-refractivity contribution in [3.63, 3.8) is 0 Å². The standard InChI is InChI=1S/C18H29NO5/c1-4-6-7-10-18(24)13(8-9-14(18)20)11-15(21)19-16(17(22)23)12(3)5-2/h6-7,12-13,16,24H,4-5,8-11H2,1-3H3,(H,19,21)(H,22,23)/b7-6+/t12-,13-,16-,18+/m0/s1. The van der Waals surface area contributed by atoms with Crippen LogP contribution in [0.5, 0.6) is 0 Å². The number of aliphatic carboxylic acids is 1. The highest BCUT2D eigenvalue weighted by Gasteiger charge is 2.48. The third-order valence-electron chi connectivity index (χ3n) is 4.94. The quantitative estimate of drug-likeness (QED) is 0.558. The van der Waals surface area contributed by atoms with E-state index >= 15 is 0 Å². The maximum atomic E-state index is 12.2. The first-order valence-electron chi connectivity index (χ1n) is 8.69. The van der Waals surface area contributed by atoms with Crippen LogP contribution in [-0.4, -0.2) is 39.5 Å². The maximum Gasteiger partial charge on any atom is 0.326 e. The van der Waals surface area contributed by atoms with Crippen molar-refractivity contribution in [2.24, 2.45) is 11.8 Å². The topological polar surface area (TPSA) is 104 Å². The second-order valence-corrected chi connectivity index (χ2v) is 6.64. The van der Waals surface area contributed by atoms with Gasteiger partial charge in [-0.3, -0.25) is 9.59 Å². The first-order chi connectivity index (χ1) is 11.3. The molecule has 24 heavy (non-hydrogen) atoms. The number of carbonyl (C=O) groups excluding carboxylic acids is 2. The number of Topliss-reactive ketones (excluding diaryl/α,β-unsaturated/α-hetero) is 1. The van der Waals surface area contributed by atoms with Gasteiger partial charge in [0, 0.05) is 25.2 Å².